The fourth-order valence-corrected chi connectivity index (χ4v) is 2.32. The maximum absolute atomic E-state index is 12.1. The fraction of sp³-hybridized carbons (Fsp3) is 0.692. The Balaban J connectivity index is 0.00000180. The lowest BCUT2D eigenvalue weighted by atomic mass is 10.1. The molecule has 2 rings (SSSR count). The molecule has 108 valence electrons. The molecule has 19 heavy (non-hydrogen) atoms. The molecule has 1 saturated carbocycles. The van der Waals surface area contributed by atoms with Crippen LogP contribution in [0.5, 0.6) is 0 Å². The second-order valence-electron chi connectivity index (χ2n) is 5.07. The van der Waals surface area contributed by atoms with E-state index >= 15 is 0 Å². The van der Waals surface area contributed by atoms with E-state index in [4.69, 9.17) is 5.73 Å². The average Bonchev–Trinajstić information content (AvgIpc) is 3.13. The van der Waals surface area contributed by atoms with Gasteiger partial charge in [-0.15, -0.1) is 12.4 Å². The average molecular weight is 287 g/mol. The quantitative estimate of drug-likeness (QED) is 0.859. The van der Waals surface area contributed by atoms with E-state index in [2.05, 4.69) is 10.4 Å². The SMILES string of the molecule is CCn1nc(C)c(C(=O)NCC(N)C2CC2)c1C.Cl. The Bertz CT molecular complexity index is 454. The molecule has 0 bridgehead atoms. The molecule has 0 spiro atoms. The number of nitrogens with two attached hydrogens (primary N) is 1. The van der Waals surface area contributed by atoms with Crippen molar-refractivity contribution in [2.75, 3.05) is 6.54 Å². The number of hydrogen-bond donors (Lipinski definition) is 2. The van der Waals surface area contributed by atoms with Crippen LogP contribution in [0.15, 0.2) is 0 Å². The minimum absolute atomic E-state index is 0. The summed E-state index contributed by atoms with van der Waals surface area (Å²) < 4.78 is 1.85. The van der Waals surface area contributed by atoms with Gasteiger partial charge in [0.2, 0.25) is 0 Å². The van der Waals surface area contributed by atoms with Crippen LogP contribution in [-0.2, 0) is 6.54 Å². The summed E-state index contributed by atoms with van der Waals surface area (Å²) in [6, 6.07) is 0.0933. The normalized spacial score (nSPS) is 15.8. The van der Waals surface area contributed by atoms with Crippen LogP contribution >= 0.6 is 12.4 Å². The molecule has 1 atom stereocenters. The third-order valence-corrected chi connectivity index (χ3v) is 3.63. The molecule has 1 aliphatic carbocycles. The standard InChI is InChI=1S/C13H22N4O.ClH/c1-4-17-9(3)12(8(2)16-17)13(18)15-7-11(14)10-5-6-10;/h10-11H,4-7,14H2,1-3H3,(H,15,18);1H. The number of halogens is 1. The van der Waals surface area contributed by atoms with E-state index in [0.29, 0.717) is 18.0 Å². The maximum Gasteiger partial charge on any atom is 0.255 e. The van der Waals surface area contributed by atoms with Crippen LogP contribution in [0.1, 0.15) is 41.5 Å². The summed E-state index contributed by atoms with van der Waals surface area (Å²) in [6.07, 6.45) is 2.39. The van der Waals surface area contributed by atoms with Gasteiger partial charge < -0.3 is 11.1 Å². The summed E-state index contributed by atoms with van der Waals surface area (Å²) in [6.45, 7) is 7.15. The van der Waals surface area contributed by atoms with Crippen molar-refractivity contribution in [1.82, 2.24) is 15.1 Å². The van der Waals surface area contributed by atoms with Crippen LogP contribution in [0, 0.1) is 19.8 Å². The molecule has 0 aromatic carbocycles. The smallest absolute Gasteiger partial charge is 0.255 e. The first-order valence-electron chi connectivity index (χ1n) is 6.62. The minimum Gasteiger partial charge on any atom is -0.350 e. The lowest BCUT2D eigenvalue weighted by Gasteiger charge is -2.11. The van der Waals surface area contributed by atoms with E-state index in [-0.39, 0.29) is 24.4 Å². The Morgan fingerprint density at radius 2 is 2.16 bits per heavy atom. The first kappa shape index (κ1) is 16.0. The lowest BCUT2D eigenvalue weighted by molar-refractivity contribution is 0.0949. The van der Waals surface area contributed by atoms with Crippen LogP contribution in [-0.4, -0.2) is 28.3 Å². The number of hydrogen-bond acceptors (Lipinski definition) is 3. The molecule has 5 nitrogen and oxygen atoms in total. The van der Waals surface area contributed by atoms with E-state index in [0.717, 1.165) is 17.9 Å². The van der Waals surface area contributed by atoms with Crippen molar-refractivity contribution in [1.29, 1.82) is 0 Å². The third-order valence-electron chi connectivity index (χ3n) is 3.63. The molecular weight excluding hydrogens is 264 g/mol. The van der Waals surface area contributed by atoms with Gasteiger partial charge in [0, 0.05) is 24.8 Å². The number of carbonyl (C=O) groups is 1. The van der Waals surface area contributed by atoms with Crippen LogP contribution in [0.2, 0.25) is 0 Å². The largest absolute Gasteiger partial charge is 0.350 e. The molecule has 3 N–H and O–H groups in total. The van der Waals surface area contributed by atoms with Crippen molar-refractivity contribution < 1.29 is 4.79 Å². The monoisotopic (exact) mass is 286 g/mol. The van der Waals surface area contributed by atoms with Crippen molar-refractivity contribution in [3.05, 3.63) is 17.0 Å². The van der Waals surface area contributed by atoms with Crippen molar-refractivity contribution in [2.45, 2.75) is 46.2 Å². The van der Waals surface area contributed by atoms with E-state index in [1.165, 1.54) is 12.8 Å². The number of rotatable bonds is 5. The van der Waals surface area contributed by atoms with E-state index in [1.54, 1.807) is 0 Å². The third kappa shape index (κ3) is 3.48. The molecule has 1 heterocycles. The molecule has 1 aliphatic rings. The zero-order chi connectivity index (χ0) is 13.3. The number of nitrogens with one attached hydrogen (secondary N) is 1. The highest BCUT2D eigenvalue weighted by Crippen LogP contribution is 2.31. The Morgan fingerprint density at radius 1 is 1.53 bits per heavy atom. The van der Waals surface area contributed by atoms with E-state index in [1.807, 2.05) is 25.5 Å². The molecule has 1 aromatic rings. The van der Waals surface area contributed by atoms with Crippen LogP contribution in [0.3, 0.4) is 0 Å². The highest BCUT2D eigenvalue weighted by molar-refractivity contribution is 5.96. The Morgan fingerprint density at radius 3 is 2.63 bits per heavy atom. The molecule has 0 saturated heterocycles. The fourth-order valence-electron chi connectivity index (χ4n) is 2.32. The topological polar surface area (TPSA) is 72.9 Å². The zero-order valence-corrected chi connectivity index (χ0v) is 12.6. The summed E-state index contributed by atoms with van der Waals surface area (Å²) in [4.78, 5) is 12.1. The number of nitrogens with zero attached hydrogens (tertiary/aromatic N) is 2. The Labute approximate surface area is 120 Å². The van der Waals surface area contributed by atoms with Crippen molar-refractivity contribution in [3.63, 3.8) is 0 Å². The van der Waals surface area contributed by atoms with Crippen LogP contribution in [0.4, 0.5) is 0 Å². The predicted molar refractivity (Wildman–Crippen MR) is 77.7 cm³/mol. The predicted octanol–water partition coefficient (Wildman–Crippen LogP) is 1.41. The highest BCUT2D eigenvalue weighted by atomic mass is 35.5. The molecule has 0 aliphatic heterocycles. The van der Waals surface area contributed by atoms with Gasteiger partial charge in [-0.3, -0.25) is 9.48 Å². The zero-order valence-electron chi connectivity index (χ0n) is 11.8. The maximum atomic E-state index is 12.1. The van der Waals surface area contributed by atoms with Crippen molar-refractivity contribution in [3.8, 4) is 0 Å². The van der Waals surface area contributed by atoms with Gasteiger partial charge in [-0.2, -0.15) is 5.10 Å². The van der Waals surface area contributed by atoms with Gasteiger partial charge in [-0.05, 0) is 39.5 Å². The van der Waals surface area contributed by atoms with Gasteiger partial charge in [0.1, 0.15) is 0 Å². The van der Waals surface area contributed by atoms with Gasteiger partial charge in [0.25, 0.3) is 5.91 Å². The molecular formula is C13H23ClN4O. The lowest BCUT2D eigenvalue weighted by Crippen LogP contribution is -2.38. The number of carbonyl (C=O) groups excluding carboxylic acids is 1. The molecule has 1 unspecified atom stereocenters. The van der Waals surface area contributed by atoms with Crippen LogP contribution < -0.4 is 11.1 Å². The molecule has 1 fully saturated rings. The molecule has 1 amide bonds. The van der Waals surface area contributed by atoms with Crippen molar-refractivity contribution in [2.24, 2.45) is 11.7 Å². The molecule has 0 radical (unpaired) electrons. The van der Waals surface area contributed by atoms with Crippen molar-refractivity contribution >= 4 is 18.3 Å². The Kier molecular flexibility index (Phi) is 5.38. The minimum atomic E-state index is -0.0548. The number of aromatic nitrogens is 2. The molecule has 1 aromatic heterocycles. The summed E-state index contributed by atoms with van der Waals surface area (Å²) in [5, 5.41) is 7.27. The number of amides is 1. The van der Waals surface area contributed by atoms with Gasteiger partial charge >= 0.3 is 0 Å². The summed E-state index contributed by atoms with van der Waals surface area (Å²) in [5.41, 5.74) is 8.38. The van der Waals surface area contributed by atoms with E-state index < -0.39 is 0 Å². The van der Waals surface area contributed by atoms with Crippen LogP contribution in [0.25, 0.3) is 0 Å². The van der Waals surface area contributed by atoms with Gasteiger partial charge in [0.05, 0.1) is 11.3 Å². The first-order chi connectivity index (χ1) is 8.54. The Hall–Kier alpha value is -1.07. The number of aryl methyl sites for hydroxylation is 2. The van der Waals surface area contributed by atoms with Gasteiger partial charge in [-0.25, -0.2) is 0 Å². The van der Waals surface area contributed by atoms with Gasteiger partial charge in [-0.1, -0.05) is 0 Å². The highest BCUT2D eigenvalue weighted by Gasteiger charge is 2.29. The second kappa shape index (κ2) is 6.39. The van der Waals surface area contributed by atoms with Gasteiger partial charge in [0.15, 0.2) is 0 Å². The first-order valence-corrected chi connectivity index (χ1v) is 6.62. The second-order valence-corrected chi connectivity index (χ2v) is 5.07. The summed E-state index contributed by atoms with van der Waals surface area (Å²) in [7, 11) is 0. The molecule has 6 heteroatoms. The van der Waals surface area contributed by atoms with E-state index in [9.17, 15) is 4.79 Å². The summed E-state index contributed by atoms with van der Waals surface area (Å²) in [5.74, 6) is 0.548. The summed E-state index contributed by atoms with van der Waals surface area (Å²) >= 11 is 0.